The molecule has 0 atom stereocenters. The van der Waals surface area contributed by atoms with E-state index in [4.69, 9.17) is 23.2 Å². The molecule has 0 aliphatic carbocycles. The zero-order chi connectivity index (χ0) is 14.2. The van der Waals surface area contributed by atoms with Gasteiger partial charge in [-0.25, -0.2) is 0 Å². The van der Waals surface area contributed by atoms with Crippen LogP contribution in [0.1, 0.15) is 5.56 Å². The summed E-state index contributed by atoms with van der Waals surface area (Å²) in [4.78, 5) is 13.4. The molecule has 0 saturated carbocycles. The zero-order valence-corrected chi connectivity index (χ0v) is 10.7. The Morgan fingerprint density at radius 2 is 1.74 bits per heavy atom. The highest BCUT2D eigenvalue weighted by atomic mass is 35.5. The lowest BCUT2D eigenvalue weighted by atomic mass is 10.0. The number of benzene rings is 1. The molecule has 0 bridgehead atoms. The molecule has 19 heavy (non-hydrogen) atoms. The topological polar surface area (TPSA) is 32.9 Å². The lowest BCUT2D eigenvalue weighted by molar-refractivity contribution is -0.138. The van der Waals surface area contributed by atoms with Crippen LogP contribution in [0, 0.1) is 0 Å². The number of hydrogen-bond donors (Lipinski definition) is 1. The van der Waals surface area contributed by atoms with Crippen molar-refractivity contribution < 1.29 is 13.2 Å². The van der Waals surface area contributed by atoms with Crippen molar-refractivity contribution >= 4 is 23.2 Å². The smallest absolute Gasteiger partial charge is 0.329 e. The number of rotatable bonds is 1. The average Bonchev–Trinajstić information content (AvgIpc) is 2.30. The van der Waals surface area contributed by atoms with Crippen molar-refractivity contribution in [3.63, 3.8) is 0 Å². The SMILES string of the molecule is O=c1[nH]ccc(-c2cc(Cl)ccc2Cl)c1C(F)(F)F. The fourth-order valence-electron chi connectivity index (χ4n) is 1.69. The second kappa shape index (κ2) is 4.90. The maximum Gasteiger partial charge on any atom is 0.422 e. The number of halogens is 5. The van der Waals surface area contributed by atoms with Crippen LogP contribution in [0.25, 0.3) is 11.1 Å². The highest BCUT2D eigenvalue weighted by Gasteiger charge is 2.37. The fourth-order valence-corrected chi connectivity index (χ4v) is 2.08. The van der Waals surface area contributed by atoms with E-state index < -0.39 is 17.3 Å². The van der Waals surface area contributed by atoms with Gasteiger partial charge in [-0.15, -0.1) is 0 Å². The van der Waals surface area contributed by atoms with E-state index in [0.717, 1.165) is 12.3 Å². The van der Waals surface area contributed by atoms with Crippen LogP contribution < -0.4 is 5.56 Å². The molecule has 0 spiro atoms. The van der Waals surface area contributed by atoms with Gasteiger partial charge in [0, 0.05) is 27.4 Å². The molecule has 7 heteroatoms. The number of alkyl halides is 3. The first kappa shape index (κ1) is 14.0. The summed E-state index contributed by atoms with van der Waals surface area (Å²) in [5, 5.41) is 0.313. The molecule has 2 aromatic rings. The summed E-state index contributed by atoms with van der Waals surface area (Å²) < 4.78 is 38.8. The normalized spacial score (nSPS) is 11.6. The Balaban J connectivity index is 2.80. The number of aromatic amines is 1. The number of pyridine rings is 1. The summed E-state index contributed by atoms with van der Waals surface area (Å²) in [6.45, 7) is 0. The number of nitrogens with one attached hydrogen (secondary N) is 1. The Kier molecular flexibility index (Phi) is 3.60. The minimum Gasteiger partial charge on any atom is -0.329 e. The molecule has 1 heterocycles. The van der Waals surface area contributed by atoms with E-state index in [1.54, 1.807) is 0 Å². The third kappa shape index (κ3) is 2.77. The number of H-pyrrole nitrogens is 1. The predicted molar refractivity (Wildman–Crippen MR) is 67.5 cm³/mol. The minimum absolute atomic E-state index is 0.0626. The van der Waals surface area contributed by atoms with Crippen LogP contribution in [-0.2, 0) is 6.18 Å². The monoisotopic (exact) mass is 307 g/mol. The molecule has 1 aromatic carbocycles. The molecule has 0 fully saturated rings. The molecular weight excluding hydrogens is 302 g/mol. The molecule has 1 N–H and O–H groups in total. The molecule has 100 valence electrons. The van der Waals surface area contributed by atoms with Gasteiger partial charge >= 0.3 is 6.18 Å². The third-order valence-corrected chi connectivity index (χ3v) is 3.03. The van der Waals surface area contributed by atoms with Gasteiger partial charge in [-0.1, -0.05) is 23.2 Å². The molecule has 0 amide bonds. The van der Waals surface area contributed by atoms with E-state index in [2.05, 4.69) is 0 Å². The van der Waals surface area contributed by atoms with Crippen molar-refractivity contribution in [2.75, 3.05) is 0 Å². The van der Waals surface area contributed by atoms with Gasteiger partial charge in [0.25, 0.3) is 5.56 Å². The Hall–Kier alpha value is -1.46. The number of aromatic nitrogens is 1. The van der Waals surface area contributed by atoms with Crippen LogP contribution >= 0.6 is 23.2 Å². The second-order valence-corrected chi connectivity index (χ2v) is 4.56. The highest BCUT2D eigenvalue weighted by molar-refractivity contribution is 6.35. The Bertz CT molecular complexity index is 679. The molecule has 1 aromatic heterocycles. The first-order valence-electron chi connectivity index (χ1n) is 5.05. The van der Waals surface area contributed by atoms with Gasteiger partial charge < -0.3 is 4.98 Å². The molecule has 0 aliphatic heterocycles. The summed E-state index contributed by atoms with van der Waals surface area (Å²) >= 11 is 11.6. The van der Waals surface area contributed by atoms with Gasteiger partial charge in [-0.3, -0.25) is 4.79 Å². The molecule has 2 rings (SSSR count). The minimum atomic E-state index is -4.78. The second-order valence-electron chi connectivity index (χ2n) is 3.72. The Morgan fingerprint density at radius 3 is 2.37 bits per heavy atom. The van der Waals surface area contributed by atoms with Crippen LogP contribution in [-0.4, -0.2) is 4.98 Å². The van der Waals surface area contributed by atoms with Crippen LogP contribution in [0.15, 0.2) is 35.3 Å². The van der Waals surface area contributed by atoms with E-state index in [0.29, 0.717) is 0 Å². The van der Waals surface area contributed by atoms with Crippen LogP contribution in [0.2, 0.25) is 10.0 Å². The fraction of sp³-hybridized carbons (Fsp3) is 0.0833. The van der Waals surface area contributed by atoms with Gasteiger partial charge in [-0.05, 0) is 24.3 Å². The van der Waals surface area contributed by atoms with Crippen LogP contribution in [0.4, 0.5) is 13.2 Å². The van der Waals surface area contributed by atoms with Gasteiger partial charge in [0.2, 0.25) is 0 Å². The zero-order valence-electron chi connectivity index (χ0n) is 9.18. The molecule has 0 radical (unpaired) electrons. The molecule has 0 saturated heterocycles. The quantitative estimate of drug-likeness (QED) is 0.834. The van der Waals surface area contributed by atoms with E-state index >= 15 is 0 Å². The highest BCUT2D eigenvalue weighted by Crippen LogP contribution is 2.38. The van der Waals surface area contributed by atoms with E-state index in [1.165, 1.54) is 18.2 Å². The van der Waals surface area contributed by atoms with Gasteiger partial charge in [-0.2, -0.15) is 13.2 Å². The van der Waals surface area contributed by atoms with Gasteiger partial charge in [0.1, 0.15) is 5.56 Å². The maximum absolute atomic E-state index is 12.9. The summed E-state index contributed by atoms with van der Waals surface area (Å²) in [7, 11) is 0. The third-order valence-electron chi connectivity index (χ3n) is 2.46. The lowest BCUT2D eigenvalue weighted by Gasteiger charge is -2.12. The standard InChI is InChI=1S/C12H6Cl2F3NO/c13-6-1-2-9(14)8(5-6)7-3-4-18-11(19)10(7)12(15,16)17/h1-5H,(H,18,19). The summed E-state index contributed by atoms with van der Waals surface area (Å²) in [6, 6.07) is 5.25. The maximum atomic E-state index is 12.9. The van der Waals surface area contributed by atoms with E-state index in [1.807, 2.05) is 4.98 Å². The first-order chi connectivity index (χ1) is 8.80. The molecule has 2 nitrogen and oxygen atoms in total. The van der Waals surface area contributed by atoms with Crippen molar-refractivity contribution in [2.45, 2.75) is 6.18 Å². The number of hydrogen-bond acceptors (Lipinski definition) is 1. The van der Waals surface area contributed by atoms with Gasteiger partial charge in [0.15, 0.2) is 0 Å². The van der Waals surface area contributed by atoms with E-state index in [9.17, 15) is 18.0 Å². The molecule has 0 aliphatic rings. The summed E-state index contributed by atoms with van der Waals surface area (Å²) in [5.41, 5.74) is -2.75. The van der Waals surface area contributed by atoms with Crippen molar-refractivity contribution in [1.29, 1.82) is 0 Å². The molecule has 0 unspecified atom stereocenters. The lowest BCUT2D eigenvalue weighted by Crippen LogP contribution is -2.22. The van der Waals surface area contributed by atoms with Crippen molar-refractivity contribution in [1.82, 2.24) is 4.98 Å². The summed E-state index contributed by atoms with van der Waals surface area (Å²) in [5.74, 6) is 0. The Morgan fingerprint density at radius 1 is 1.05 bits per heavy atom. The predicted octanol–water partition coefficient (Wildman–Crippen LogP) is 4.37. The first-order valence-corrected chi connectivity index (χ1v) is 5.80. The van der Waals surface area contributed by atoms with Crippen molar-refractivity contribution in [2.24, 2.45) is 0 Å². The summed E-state index contributed by atoms with van der Waals surface area (Å²) in [6.07, 6.45) is -3.65. The van der Waals surface area contributed by atoms with Crippen molar-refractivity contribution in [3.8, 4) is 11.1 Å². The largest absolute Gasteiger partial charge is 0.422 e. The Labute approximate surface area is 115 Å². The average molecular weight is 308 g/mol. The van der Waals surface area contributed by atoms with E-state index in [-0.39, 0.29) is 21.2 Å². The van der Waals surface area contributed by atoms with Crippen LogP contribution in [0.5, 0.6) is 0 Å². The van der Waals surface area contributed by atoms with Gasteiger partial charge in [0.05, 0.1) is 0 Å². The van der Waals surface area contributed by atoms with Crippen LogP contribution in [0.3, 0.4) is 0 Å². The molecular formula is C12H6Cl2F3NO. The van der Waals surface area contributed by atoms with Crippen molar-refractivity contribution in [3.05, 3.63) is 56.4 Å².